The summed E-state index contributed by atoms with van der Waals surface area (Å²) < 4.78 is 53.8. The van der Waals surface area contributed by atoms with Crippen molar-refractivity contribution in [3.8, 4) is 0 Å². The third-order valence-corrected chi connectivity index (χ3v) is 7.50. The zero-order chi connectivity index (χ0) is 34.1. The smallest absolute Gasteiger partial charge is 0.305 e. The lowest BCUT2D eigenvalue weighted by Gasteiger charge is -2.48. The minimum absolute atomic E-state index is 0.0895. The van der Waals surface area contributed by atoms with E-state index in [0.29, 0.717) is 0 Å². The Morgan fingerprint density at radius 3 is 1.45 bits per heavy atom. The van der Waals surface area contributed by atoms with Crippen molar-refractivity contribution in [3.63, 3.8) is 0 Å². The number of hydrogen-bond donors (Lipinski definition) is 0. The summed E-state index contributed by atoms with van der Waals surface area (Å²) in [5.41, 5.74) is 1.70. The molecule has 2 fully saturated rings. The summed E-state index contributed by atoms with van der Waals surface area (Å²) in [5.74, 6) is -2.71. The summed E-state index contributed by atoms with van der Waals surface area (Å²) in [6.45, 7) is 8.39. The van der Waals surface area contributed by atoms with Gasteiger partial charge in [0, 0.05) is 27.7 Å². The van der Waals surface area contributed by atoms with E-state index in [4.69, 9.17) is 42.6 Å². The fraction of sp³-hybridized carbons (Fsp3) is 0.529. The van der Waals surface area contributed by atoms with Gasteiger partial charge in [-0.15, -0.1) is 0 Å². The van der Waals surface area contributed by atoms with Crippen molar-refractivity contribution in [1.29, 1.82) is 0 Å². The first kappa shape index (κ1) is 36.0. The highest BCUT2D eigenvalue weighted by molar-refractivity contribution is 5.68. The molecule has 0 saturated carbocycles. The quantitative estimate of drug-likeness (QED) is 0.242. The number of hydrogen-bond acceptors (Lipinski definition) is 13. The molecule has 4 rings (SSSR count). The standard InChI is InChI=1S/C34H42O13/c1-19-27(39-17-25-13-9-7-10-14-25)29(31(33(41-19)46-24(6)38)40-18-26-15-11-8-12-16-26)47-34-32(45-23(5)37)30(44-22(4)36)28(20(2)42-34)43-21(3)35/h7-16,19-20,27-34H,17-18H2,1-6H3/t19-,20+,27-,28+,29+,30-,31-,32-,33-,34+/m1/s1. The van der Waals surface area contributed by atoms with Gasteiger partial charge in [0.1, 0.15) is 18.3 Å². The van der Waals surface area contributed by atoms with E-state index in [9.17, 15) is 19.2 Å². The lowest BCUT2D eigenvalue weighted by atomic mass is 9.96. The number of rotatable bonds is 12. The van der Waals surface area contributed by atoms with Crippen LogP contribution in [-0.2, 0) is 75.0 Å². The molecule has 0 aliphatic carbocycles. The van der Waals surface area contributed by atoms with Gasteiger partial charge in [0.15, 0.2) is 24.6 Å². The Kier molecular flexibility index (Phi) is 12.9. The molecule has 10 atom stereocenters. The first-order valence-electron chi connectivity index (χ1n) is 15.4. The molecule has 13 nitrogen and oxygen atoms in total. The molecule has 2 aromatic carbocycles. The summed E-state index contributed by atoms with van der Waals surface area (Å²) >= 11 is 0. The Hall–Kier alpha value is -3.88. The molecule has 2 aliphatic rings. The molecular weight excluding hydrogens is 616 g/mol. The van der Waals surface area contributed by atoms with E-state index < -0.39 is 85.3 Å². The first-order chi connectivity index (χ1) is 22.4. The summed E-state index contributed by atoms with van der Waals surface area (Å²) in [4.78, 5) is 48.8. The maximum absolute atomic E-state index is 12.4. The highest BCUT2D eigenvalue weighted by atomic mass is 16.8. The Bertz CT molecular complexity index is 1340. The molecule has 2 saturated heterocycles. The molecule has 47 heavy (non-hydrogen) atoms. The van der Waals surface area contributed by atoms with Crippen LogP contribution in [0, 0.1) is 0 Å². The number of ether oxygens (including phenoxy) is 9. The van der Waals surface area contributed by atoms with Crippen molar-refractivity contribution in [3.05, 3.63) is 71.8 Å². The number of esters is 4. The average molecular weight is 659 g/mol. The highest BCUT2D eigenvalue weighted by Gasteiger charge is 2.55. The first-order valence-corrected chi connectivity index (χ1v) is 15.4. The van der Waals surface area contributed by atoms with Crippen LogP contribution in [0.1, 0.15) is 52.7 Å². The number of carbonyl (C=O) groups excluding carboxylic acids is 4. The maximum Gasteiger partial charge on any atom is 0.305 e. The lowest BCUT2D eigenvalue weighted by molar-refractivity contribution is -0.360. The Balaban J connectivity index is 1.73. The van der Waals surface area contributed by atoms with Gasteiger partial charge >= 0.3 is 23.9 Å². The molecule has 0 amide bonds. The Morgan fingerprint density at radius 2 is 0.936 bits per heavy atom. The van der Waals surface area contributed by atoms with Crippen LogP contribution >= 0.6 is 0 Å². The largest absolute Gasteiger partial charge is 0.456 e. The Morgan fingerprint density at radius 1 is 0.511 bits per heavy atom. The fourth-order valence-electron chi connectivity index (χ4n) is 5.56. The van der Waals surface area contributed by atoms with Crippen molar-refractivity contribution >= 4 is 23.9 Å². The molecular formula is C34H42O13. The van der Waals surface area contributed by atoms with Crippen LogP contribution in [0.15, 0.2) is 60.7 Å². The van der Waals surface area contributed by atoms with Gasteiger partial charge < -0.3 is 42.6 Å². The van der Waals surface area contributed by atoms with Crippen molar-refractivity contribution in [2.45, 2.75) is 116 Å². The van der Waals surface area contributed by atoms with Crippen LogP contribution in [0.25, 0.3) is 0 Å². The van der Waals surface area contributed by atoms with Crippen molar-refractivity contribution in [2.24, 2.45) is 0 Å². The van der Waals surface area contributed by atoms with Crippen molar-refractivity contribution in [1.82, 2.24) is 0 Å². The van der Waals surface area contributed by atoms with Crippen LogP contribution in [0.5, 0.6) is 0 Å². The normalized spacial score (nSPS) is 30.5. The van der Waals surface area contributed by atoms with E-state index in [0.717, 1.165) is 11.1 Å². The molecule has 0 radical (unpaired) electrons. The van der Waals surface area contributed by atoms with Gasteiger partial charge in [-0.25, -0.2) is 0 Å². The van der Waals surface area contributed by atoms with Gasteiger partial charge in [0.05, 0.1) is 25.4 Å². The summed E-state index contributed by atoms with van der Waals surface area (Å²) in [6, 6.07) is 18.8. The third kappa shape index (κ3) is 10.1. The molecule has 0 spiro atoms. The molecule has 0 N–H and O–H groups in total. The third-order valence-electron chi connectivity index (χ3n) is 7.50. The van der Waals surface area contributed by atoms with Crippen molar-refractivity contribution < 1.29 is 61.8 Å². The average Bonchev–Trinajstić information content (AvgIpc) is 3.00. The molecule has 0 bridgehead atoms. The molecule has 256 valence electrons. The van der Waals surface area contributed by atoms with Gasteiger partial charge in [-0.1, -0.05) is 60.7 Å². The SMILES string of the molecule is CC(=O)O[C@H]1O[C@H](C)[C@@H](OCc2ccccc2)[C@H](O[C@@H]2O[C@@H](C)[C@H](OC(C)=O)[C@@H](OC(C)=O)[C@H]2OC(C)=O)[C@H]1OCc1ccccc1. The van der Waals surface area contributed by atoms with Crippen molar-refractivity contribution in [2.75, 3.05) is 0 Å². The van der Waals surface area contributed by atoms with Crippen LogP contribution in [0.3, 0.4) is 0 Å². The topological polar surface area (TPSA) is 151 Å². The monoisotopic (exact) mass is 658 g/mol. The Labute approximate surface area is 273 Å². The van der Waals surface area contributed by atoms with Gasteiger partial charge in [-0.3, -0.25) is 19.2 Å². The van der Waals surface area contributed by atoms with Crippen LogP contribution < -0.4 is 0 Å². The van der Waals surface area contributed by atoms with Gasteiger partial charge in [0.25, 0.3) is 0 Å². The zero-order valence-corrected chi connectivity index (χ0v) is 27.3. The van der Waals surface area contributed by atoms with Gasteiger partial charge in [-0.05, 0) is 25.0 Å². The van der Waals surface area contributed by atoms with E-state index in [1.165, 1.54) is 27.7 Å². The molecule has 2 heterocycles. The van der Waals surface area contributed by atoms with E-state index in [1.54, 1.807) is 13.8 Å². The predicted molar refractivity (Wildman–Crippen MR) is 162 cm³/mol. The fourth-order valence-corrected chi connectivity index (χ4v) is 5.56. The second-order valence-corrected chi connectivity index (χ2v) is 11.4. The van der Waals surface area contributed by atoms with Gasteiger partial charge in [0.2, 0.25) is 6.29 Å². The predicted octanol–water partition coefficient (Wildman–Crippen LogP) is 3.39. The van der Waals surface area contributed by atoms with Gasteiger partial charge in [-0.2, -0.15) is 0 Å². The summed E-state index contributed by atoms with van der Waals surface area (Å²) in [6.07, 6.45) is -11.0. The van der Waals surface area contributed by atoms with Crippen LogP contribution in [0.4, 0.5) is 0 Å². The van der Waals surface area contributed by atoms with Crippen LogP contribution in [-0.4, -0.2) is 85.3 Å². The molecule has 2 aliphatic heterocycles. The number of carbonyl (C=O) groups is 4. The summed E-state index contributed by atoms with van der Waals surface area (Å²) in [7, 11) is 0. The van der Waals surface area contributed by atoms with E-state index in [-0.39, 0.29) is 13.2 Å². The molecule has 2 aromatic rings. The van der Waals surface area contributed by atoms with E-state index >= 15 is 0 Å². The number of benzene rings is 2. The highest BCUT2D eigenvalue weighted by Crippen LogP contribution is 2.35. The lowest BCUT2D eigenvalue weighted by Crippen LogP contribution is -2.65. The summed E-state index contributed by atoms with van der Waals surface area (Å²) in [5, 5.41) is 0. The van der Waals surface area contributed by atoms with E-state index in [1.807, 2.05) is 60.7 Å². The minimum atomic E-state index is -1.39. The second kappa shape index (κ2) is 16.8. The van der Waals surface area contributed by atoms with Crippen LogP contribution in [0.2, 0.25) is 0 Å². The second-order valence-electron chi connectivity index (χ2n) is 11.4. The molecule has 13 heteroatoms. The maximum atomic E-state index is 12.4. The minimum Gasteiger partial charge on any atom is -0.456 e. The molecule has 0 aromatic heterocycles. The molecule has 0 unspecified atom stereocenters. The zero-order valence-electron chi connectivity index (χ0n) is 27.3. The van der Waals surface area contributed by atoms with E-state index in [2.05, 4.69) is 0 Å².